The summed E-state index contributed by atoms with van der Waals surface area (Å²) in [6.07, 6.45) is 3.69. The summed E-state index contributed by atoms with van der Waals surface area (Å²) in [7, 11) is 1.28. The Morgan fingerprint density at radius 3 is 2.66 bits per heavy atom. The first-order valence-electron chi connectivity index (χ1n) is 13.1. The number of fused-ring (bicyclic) bond motifs is 2. The minimum absolute atomic E-state index is 0.165. The first kappa shape index (κ1) is 27.9. The number of nitrogens with one attached hydrogen (secondary N) is 1. The fourth-order valence-electron chi connectivity index (χ4n) is 4.74. The molecule has 2 aromatic carbocycles. The Labute approximate surface area is 239 Å². The van der Waals surface area contributed by atoms with Gasteiger partial charge in [-0.3, -0.25) is 9.36 Å². The van der Waals surface area contributed by atoms with Gasteiger partial charge in [0.15, 0.2) is 22.9 Å². The molecule has 0 saturated carbocycles. The van der Waals surface area contributed by atoms with Gasteiger partial charge in [-0.2, -0.15) is 0 Å². The molecule has 0 spiro atoms. The van der Waals surface area contributed by atoms with Gasteiger partial charge in [0.25, 0.3) is 5.56 Å². The predicted octanol–water partition coefficient (Wildman–Crippen LogP) is 3.23. The number of aromatic nitrogens is 2. The largest absolute Gasteiger partial charge is 0.490 e. The van der Waals surface area contributed by atoms with Crippen LogP contribution in [0.3, 0.4) is 0 Å². The molecule has 0 aliphatic carbocycles. The van der Waals surface area contributed by atoms with Gasteiger partial charge in [0.05, 0.1) is 42.2 Å². The molecule has 5 rings (SSSR count). The number of hydrogen-bond donors (Lipinski definition) is 1. The molecule has 0 saturated heterocycles. The molecule has 4 aromatic rings. The number of rotatable bonds is 9. The Kier molecular flexibility index (Phi) is 8.06. The molecule has 10 nitrogen and oxygen atoms in total. The average Bonchev–Trinajstić information content (AvgIpc) is 3.51. The number of allylic oxidation sites excluding steroid dienone is 1. The van der Waals surface area contributed by atoms with Gasteiger partial charge in [-0.25, -0.2) is 14.6 Å². The zero-order chi connectivity index (χ0) is 29.1. The summed E-state index contributed by atoms with van der Waals surface area (Å²) in [5, 5.41) is 0.988. The summed E-state index contributed by atoms with van der Waals surface area (Å²) in [4.78, 5) is 47.2. The molecule has 0 fully saturated rings. The third-order valence-electron chi connectivity index (χ3n) is 6.58. The molecule has 1 atom stereocenters. The van der Waals surface area contributed by atoms with Crippen molar-refractivity contribution in [3.63, 3.8) is 0 Å². The smallest absolute Gasteiger partial charge is 0.343 e. The maximum atomic E-state index is 14.0. The standard InChI is InChI=1S/C30H29N3O7S/c1-5-38-23-13-18(11-12-22(23)40-16-25(34)37-4)27-26(29(36)39-6-2)17(3)32-30-33(27)28(35)24(41-30)14-19-15-31-21-10-8-7-9-20(19)21/h7-15,27,31H,5-6,16H2,1-4H3/b24-14-/t27-/m1/s1. The lowest BCUT2D eigenvalue weighted by Gasteiger charge is -2.25. The molecule has 11 heteroatoms. The number of carbonyl (C=O) groups excluding carboxylic acids is 2. The van der Waals surface area contributed by atoms with Crippen molar-refractivity contribution in [3.05, 3.63) is 90.7 Å². The molecule has 212 valence electrons. The monoisotopic (exact) mass is 575 g/mol. The average molecular weight is 576 g/mol. The number of methoxy groups -OCH3 is 1. The molecule has 0 bridgehead atoms. The van der Waals surface area contributed by atoms with Crippen molar-refractivity contribution < 1.29 is 28.5 Å². The molecular formula is C30H29N3O7S. The lowest BCUT2D eigenvalue weighted by atomic mass is 9.95. The molecule has 0 amide bonds. The molecule has 3 heterocycles. The molecular weight excluding hydrogens is 546 g/mol. The summed E-state index contributed by atoms with van der Waals surface area (Å²) >= 11 is 1.25. The fourth-order valence-corrected chi connectivity index (χ4v) is 5.78. The highest BCUT2D eigenvalue weighted by Gasteiger charge is 2.34. The van der Waals surface area contributed by atoms with Crippen LogP contribution in [-0.2, 0) is 19.1 Å². The number of nitrogens with zero attached hydrogens (tertiary/aromatic N) is 2. The first-order chi connectivity index (χ1) is 19.9. The molecule has 1 aliphatic heterocycles. The zero-order valence-electron chi connectivity index (χ0n) is 23.1. The minimum Gasteiger partial charge on any atom is -0.490 e. The maximum Gasteiger partial charge on any atom is 0.343 e. The third-order valence-corrected chi connectivity index (χ3v) is 7.56. The molecule has 0 unspecified atom stereocenters. The van der Waals surface area contributed by atoms with E-state index in [-0.39, 0.29) is 24.3 Å². The summed E-state index contributed by atoms with van der Waals surface area (Å²) in [6, 6.07) is 12.1. The van der Waals surface area contributed by atoms with Gasteiger partial charge in [0.1, 0.15) is 0 Å². The second-order valence-corrected chi connectivity index (χ2v) is 10.1. The van der Waals surface area contributed by atoms with Crippen molar-refractivity contribution in [1.29, 1.82) is 0 Å². The highest BCUT2D eigenvalue weighted by atomic mass is 32.1. The lowest BCUT2D eigenvalue weighted by molar-refractivity contribution is -0.143. The number of aromatic amines is 1. The van der Waals surface area contributed by atoms with Gasteiger partial charge in [0.2, 0.25) is 0 Å². The van der Waals surface area contributed by atoms with Crippen LogP contribution in [0.2, 0.25) is 0 Å². The van der Waals surface area contributed by atoms with Crippen LogP contribution >= 0.6 is 11.3 Å². The normalized spacial score (nSPS) is 14.9. The van der Waals surface area contributed by atoms with Crippen LogP contribution in [0.5, 0.6) is 11.5 Å². The molecule has 1 aliphatic rings. The van der Waals surface area contributed by atoms with Crippen molar-refractivity contribution in [2.45, 2.75) is 26.8 Å². The zero-order valence-corrected chi connectivity index (χ0v) is 23.9. The number of ether oxygens (including phenoxy) is 4. The van der Waals surface area contributed by atoms with E-state index >= 15 is 0 Å². The number of H-pyrrole nitrogens is 1. The minimum atomic E-state index is -0.829. The number of carbonyl (C=O) groups is 2. The summed E-state index contributed by atoms with van der Waals surface area (Å²) in [5.74, 6) is -0.422. The molecule has 41 heavy (non-hydrogen) atoms. The Bertz CT molecular complexity index is 1850. The SMILES string of the molecule is CCOC(=O)C1=C(C)N=c2s/c(=C\c3c[nH]c4ccccc34)c(=O)n2[C@@H]1c1ccc(OCC(=O)OC)c(OCC)c1. The van der Waals surface area contributed by atoms with E-state index in [1.165, 1.54) is 23.0 Å². The van der Waals surface area contributed by atoms with Crippen molar-refractivity contribution in [1.82, 2.24) is 9.55 Å². The topological polar surface area (TPSA) is 121 Å². The Morgan fingerprint density at radius 2 is 1.90 bits per heavy atom. The van der Waals surface area contributed by atoms with E-state index in [0.717, 1.165) is 16.5 Å². The first-order valence-corrected chi connectivity index (χ1v) is 13.9. The van der Waals surface area contributed by atoms with E-state index in [0.29, 0.717) is 38.7 Å². The summed E-state index contributed by atoms with van der Waals surface area (Å²) in [5.41, 5.74) is 2.84. The highest BCUT2D eigenvalue weighted by Crippen LogP contribution is 2.36. The van der Waals surface area contributed by atoms with Crippen molar-refractivity contribution >= 4 is 40.3 Å². The fraction of sp³-hybridized carbons (Fsp3) is 0.267. The number of thiazole rings is 1. The predicted molar refractivity (Wildman–Crippen MR) is 154 cm³/mol. The van der Waals surface area contributed by atoms with Gasteiger partial charge in [0, 0.05) is 22.7 Å². The quantitative estimate of drug-likeness (QED) is 0.304. The van der Waals surface area contributed by atoms with Gasteiger partial charge in [-0.1, -0.05) is 35.6 Å². The van der Waals surface area contributed by atoms with E-state index in [2.05, 4.69) is 14.7 Å². The van der Waals surface area contributed by atoms with E-state index in [9.17, 15) is 14.4 Å². The third kappa shape index (κ3) is 5.40. The van der Waals surface area contributed by atoms with E-state index < -0.39 is 18.0 Å². The van der Waals surface area contributed by atoms with Crippen LogP contribution in [0, 0.1) is 0 Å². The van der Waals surface area contributed by atoms with Crippen molar-refractivity contribution in [2.75, 3.05) is 26.9 Å². The molecule has 2 aromatic heterocycles. The maximum absolute atomic E-state index is 14.0. The van der Waals surface area contributed by atoms with E-state index in [4.69, 9.17) is 14.2 Å². The van der Waals surface area contributed by atoms with Gasteiger partial charge < -0.3 is 23.9 Å². The van der Waals surface area contributed by atoms with Crippen molar-refractivity contribution in [2.24, 2.45) is 4.99 Å². The second-order valence-electron chi connectivity index (χ2n) is 9.10. The Morgan fingerprint density at radius 1 is 1.10 bits per heavy atom. The number of benzene rings is 2. The number of esters is 2. The van der Waals surface area contributed by atoms with Crippen LogP contribution in [0.4, 0.5) is 0 Å². The van der Waals surface area contributed by atoms with Crippen LogP contribution in [-0.4, -0.2) is 48.4 Å². The van der Waals surface area contributed by atoms with Crippen LogP contribution < -0.4 is 24.4 Å². The van der Waals surface area contributed by atoms with Gasteiger partial charge in [-0.05, 0) is 50.6 Å². The summed E-state index contributed by atoms with van der Waals surface area (Å²) in [6.45, 7) is 5.46. The summed E-state index contributed by atoms with van der Waals surface area (Å²) < 4.78 is 23.5. The number of hydrogen-bond acceptors (Lipinski definition) is 9. The van der Waals surface area contributed by atoms with E-state index in [1.54, 1.807) is 32.0 Å². The molecule has 0 radical (unpaired) electrons. The van der Waals surface area contributed by atoms with Gasteiger partial charge >= 0.3 is 11.9 Å². The van der Waals surface area contributed by atoms with Crippen LogP contribution in [0.1, 0.15) is 37.9 Å². The Hall–Kier alpha value is -4.64. The second kappa shape index (κ2) is 11.8. The molecule has 1 N–H and O–H groups in total. The lowest BCUT2D eigenvalue weighted by Crippen LogP contribution is -2.40. The number of para-hydroxylation sites is 1. The van der Waals surface area contributed by atoms with Crippen molar-refractivity contribution in [3.8, 4) is 11.5 Å². The highest BCUT2D eigenvalue weighted by molar-refractivity contribution is 7.07. The Balaban J connectivity index is 1.68. The van der Waals surface area contributed by atoms with Gasteiger partial charge in [-0.15, -0.1) is 0 Å². The van der Waals surface area contributed by atoms with E-state index in [1.807, 2.05) is 43.5 Å². The van der Waals surface area contributed by atoms with Crippen LogP contribution in [0.15, 0.2) is 69.7 Å². The van der Waals surface area contributed by atoms with Crippen LogP contribution in [0.25, 0.3) is 17.0 Å².